The van der Waals surface area contributed by atoms with Gasteiger partial charge < -0.3 is 10.1 Å². The zero-order chi connectivity index (χ0) is 13.0. The maximum atomic E-state index is 11.9. The zero-order valence-electron chi connectivity index (χ0n) is 10.4. The van der Waals surface area contributed by atoms with Crippen LogP contribution in [0.3, 0.4) is 0 Å². The summed E-state index contributed by atoms with van der Waals surface area (Å²) < 4.78 is 5.36. The molecule has 2 rings (SSSR count). The Kier molecular flexibility index (Phi) is 3.63. The Morgan fingerprint density at radius 2 is 1.78 bits per heavy atom. The van der Waals surface area contributed by atoms with Gasteiger partial charge in [0.05, 0.1) is 12.7 Å². The molecule has 1 N–H and O–H groups in total. The molecule has 3 heteroatoms. The van der Waals surface area contributed by atoms with Crippen molar-refractivity contribution in [2.24, 2.45) is 0 Å². The Hall–Kier alpha value is -2.29. The predicted octanol–water partition coefficient (Wildman–Crippen LogP) is 2.72. The minimum absolute atomic E-state index is 0.118. The Bertz CT molecular complexity index is 550. The van der Waals surface area contributed by atoms with Crippen molar-refractivity contribution >= 4 is 5.91 Å². The van der Waals surface area contributed by atoms with Crippen LogP contribution >= 0.6 is 0 Å². The number of hydrogen-bond acceptors (Lipinski definition) is 2. The van der Waals surface area contributed by atoms with Crippen LogP contribution in [0, 0.1) is 0 Å². The Morgan fingerprint density at radius 3 is 2.39 bits per heavy atom. The lowest BCUT2D eigenvalue weighted by molar-refractivity contribution is 0.0963. The minimum atomic E-state index is -0.118. The maximum absolute atomic E-state index is 11.9. The van der Waals surface area contributed by atoms with Gasteiger partial charge in [0.1, 0.15) is 5.75 Å². The van der Waals surface area contributed by atoms with E-state index in [2.05, 4.69) is 5.32 Å². The van der Waals surface area contributed by atoms with Crippen LogP contribution in [0.15, 0.2) is 48.5 Å². The normalized spacial score (nSPS) is 9.89. The van der Waals surface area contributed by atoms with Gasteiger partial charge in [-0.1, -0.05) is 36.4 Å². The first-order valence-corrected chi connectivity index (χ1v) is 5.72. The first-order chi connectivity index (χ1) is 8.77. The molecule has 0 aliphatic heterocycles. The van der Waals surface area contributed by atoms with Crippen LogP contribution in [0.1, 0.15) is 10.4 Å². The van der Waals surface area contributed by atoms with E-state index in [1.807, 2.05) is 42.5 Å². The number of hydrogen-bond donors (Lipinski definition) is 1. The molecule has 18 heavy (non-hydrogen) atoms. The van der Waals surface area contributed by atoms with Crippen molar-refractivity contribution in [3.8, 4) is 16.9 Å². The van der Waals surface area contributed by atoms with Crippen LogP contribution in [-0.4, -0.2) is 20.1 Å². The van der Waals surface area contributed by atoms with Crippen molar-refractivity contribution in [3.05, 3.63) is 54.1 Å². The van der Waals surface area contributed by atoms with E-state index < -0.39 is 0 Å². The van der Waals surface area contributed by atoms with Crippen molar-refractivity contribution < 1.29 is 9.53 Å². The quantitative estimate of drug-likeness (QED) is 0.897. The second kappa shape index (κ2) is 5.36. The summed E-state index contributed by atoms with van der Waals surface area (Å²) >= 11 is 0. The van der Waals surface area contributed by atoms with Gasteiger partial charge in [-0.25, -0.2) is 0 Å². The predicted molar refractivity (Wildman–Crippen MR) is 71.8 cm³/mol. The van der Waals surface area contributed by atoms with Crippen LogP contribution in [0.2, 0.25) is 0 Å². The molecule has 0 saturated carbocycles. The van der Waals surface area contributed by atoms with Gasteiger partial charge in [-0.15, -0.1) is 0 Å². The van der Waals surface area contributed by atoms with Gasteiger partial charge in [0.15, 0.2) is 0 Å². The van der Waals surface area contributed by atoms with E-state index in [9.17, 15) is 4.79 Å². The molecule has 2 aromatic rings. The Labute approximate surface area is 106 Å². The van der Waals surface area contributed by atoms with E-state index in [1.165, 1.54) is 0 Å². The molecule has 0 spiro atoms. The summed E-state index contributed by atoms with van der Waals surface area (Å²) in [6.45, 7) is 0. The van der Waals surface area contributed by atoms with Gasteiger partial charge in [0.2, 0.25) is 0 Å². The molecule has 0 aliphatic carbocycles. The molecule has 0 radical (unpaired) electrons. The van der Waals surface area contributed by atoms with Gasteiger partial charge in [-0.2, -0.15) is 0 Å². The third-order valence-electron chi connectivity index (χ3n) is 2.78. The fourth-order valence-corrected chi connectivity index (χ4v) is 1.93. The van der Waals surface area contributed by atoms with Gasteiger partial charge in [0, 0.05) is 12.6 Å². The average Bonchev–Trinajstić information content (AvgIpc) is 2.46. The number of amides is 1. The highest BCUT2D eigenvalue weighted by molar-refractivity contribution is 6.02. The van der Waals surface area contributed by atoms with Crippen molar-refractivity contribution in [1.29, 1.82) is 0 Å². The number of ether oxygens (including phenoxy) is 1. The first-order valence-electron chi connectivity index (χ1n) is 5.72. The number of methoxy groups -OCH3 is 1. The van der Waals surface area contributed by atoms with Crippen molar-refractivity contribution in [3.63, 3.8) is 0 Å². The van der Waals surface area contributed by atoms with Gasteiger partial charge >= 0.3 is 0 Å². The highest BCUT2D eigenvalue weighted by Crippen LogP contribution is 2.33. The molecule has 0 atom stereocenters. The van der Waals surface area contributed by atoms with Crippen LogP contribution in [0.4, 0.5) is 0 Å². The molecule has 0 aliphatic rings. The van der Waals surface area contributed by atoms with Crippen molar-refractivity contribution in [1.82, 2.24) is 5.32 Å². The molecule has 0 bridgehead atoms. The van der Waals surface area contributed by atoms with Crippen LogP contribution in [0.25, 0.3) is 11.1 Å². The third kappa shape index (κ3) is 2.20. The van der Waals surface area contributed by atoms with E-state index in [1.54, 1.807) is 20.2 Å². The standard InChI is InChI=1S/C15H15NO2/c1-16-15(17)12-9-6-10-13(18-2)14(12)11-7-4-3-5-8-11/h3-10H,1-2H3,(H,16,17). The first kappa shape index (κ1) is 12.2. The maximum Gasteiger partial charge on any atom is 0.251 e. The van der Waals surface area contributed by atoms with E-state index in [0.29, 0.717) is 11.3 Å². The van der Waals surface area contributed by atoms with E-state index in [0.717, 1.165) is 11.1 Å². The lowest BCUT2D eigenvalue weighted by Gasteiger charge is -2.13. The number of rotatable bonds is 3. The van der Waals surface area contributed by atoms with Crippen molar-refractivity contribution in [2.75, 3.05) is 14.2 Å². The molecule has 0 unspecified atom stereocenters. The second-order valence-corrected chi connectivity index (χ2v) is 3.83. The summed E-state index contributed by atoms with van der Waals surface area (Å²) in [5.41, 5.74) is 2.40. The fourth-order valence-electron chi connectivity index (χ4n) is 1.93. The molecular weight excluding hydrogens is 226 g/mol. The van der Waals surface area contributed by atoms with Crippen molar-refractivity contribution in [2.45, 2.75) is 0 Å². The fraction of sp³-hybridized carbons (Fsp3) is 0.133. The van der Waals surface area contributed by atoms with Gasteiger partial charge in [0.25, 0.3) is 5.91 Å². The smallest absolute Gasteiger partial charge is 0.251 e. The summed E-state index contributed by atoms with van der Waals surface area (Å²) in [7, 11) is 3.23. The van der Waals surface area contributed by atoms with E-state index in [4.69, 9.17) is 4.74 Å². The summed E-state index contributed by atoms with van der Waals surface area (Å²) in [4.78, 5) is 11.9. The molecule has 3 nitrogen and oxygen atoms in total. The number of nitrogens with one attached hydrogen (secondary N) is 1. The molecule has 0 aromatic heterocycles. The van der Waals surface area contributed by atoms with E-state index >= 15 is 0 Å². The summed E-state index contributed by atoms with van der Waals surface area (Å²) in [5.74, 6) is 0.579. The SMILES string of the molecule is CNC(=O)c1cccc(OC)c1-c1ccccc1. The molecular formula is C15H15NO2. The third-order valence-corrected chi connectivity index (χ3v) is 2.78. The summed E-state index contributed by atoms with van der Waals surface area (Å²) in [6.07, 6.45) is 0. The molecule has 0 fully saturated rings. The van der Waals surface area contributed by atoms with E-state index in [-0.39, 0.29) is 5.91 Å². The summed E-state index contributed by atoms with van der Waals surface area (Å²) in [5, 5.41) is 2.65. The zero-order valence-corrected chi connectivity index (χ0v) is 10.4. The number of carbonyl (C=O) groups is 1. The van der Waals surface area contributed by atoms with Crippen LogP contribution in [-0.2, 0) is 0 Å². The second-order valence-electron chi connectivity index (χ2n) is 3.83. The highest BCUT2D eigenvalue weighted by Gasteiger charge is 2.15. The van der Waals surface area contributed by atoms with Gasteiger partial charge in [-0.3, -0.25) is 4.79 Å². The molecule has 0 heterocycles. The Balaban J connectivity index is 2.66. The lowest BCUT2D eigenvalue weighted by Crippen LogP contribution is -2.18. The van der Waals surface area contributed by atoms with Crippen LogP contribution < -0.4 is 10.1 Å². The minimum Gasteiger partial charge on any atom is -0.496 e. The molecule has 92 valence electrons. The highest BCUT2D eigenvalue weighted by atomic mass is 16.5. The lowest BCUT2D eigenvalue weighted by atomic mass is 9.98. The number of carbonyl (C=O) groups excluding carboxylic acids is 1. The molecule has 1 amide bonds. The summed E-state index contributed by atoms with van der Waals surface area (Å²) in [6, 6.07) is 15.2. The molecule has 2 aromatic carbocycles. The van der Waals surface area contributed by atoms with Crippen LogP contribution in [0.5, 0.6) is 5.75 Å². The largest absolute Gasteiger partial charge is 0.496 e. The average molecular weight is 241 g/mol. The topological polar surface area (TPSA) is 38.3 Å². The Morgan fingerprint density at radius 1 is 1.06 bits per heavy atom. The van der Waals surface area contributed by atoms with Gasteiger partial charge in [-0.05, 0) is 17.7 Å². The monoisotopic (exact) mass is 241 g/mol. The number of benzene rings is 2. The molecule has 0 saturated heterocycles.